The second-order valence-corrected chi connectivity index (χ2v) is 12.9. The fourth-order valence-corrected chi connectivity index (χ4v) is 6.52. The molecule has 13 heteroatoms. The van der Waals surface area contributed by atoms with Crippen LogP contribution in [0.1, 0.15) is 81.8 Å². The number of anilines is 1. The van der Waals surface area contributed by atoms with Crippen LogP contribution in [-0.2, 0) is 20.9 Å². The quantitative estimate of drug-likeness (QED) is 0.319. The first-order valence-electron chi connectivity index (χ1n) is 16.8. The number of likely N-dealkylation sites (N-methyl/N-ethyl adjacent to an activating group) is 1. The van der Waals surface area contributed by atoms with Crippen molar-refractivity contribution in [3.05, 3.63) is 47.5 Å². The SMILES string of the molecule is CCC(=O)N[C@@H](C(=O)N1CCN(C)CC1)[C@@H](C)c1ccc(NC(=O)C(NC(=O)c2ccnn2CC)C(C)C2CCC(F)CC2)c(F)c1. The molecule has 0 spiro atoms. The smallest absolute Gasteiger partial charge is 0.270 e. The van der Waals surface area contributed by atoms with Gasteiger partial charge in [0.15, 0.2) is 0 Å². The van der Waals surface area contributed by atoms with Crippen LogP contribution in [0.4, 0.5) is 14.5 Å². The number of hydrogen-bond donors (Lipinski definition) is 3. The zero-order valence-electron chi connectivity index (χ0n) is 28.1. The lowest BCUT2D eigenvalue weighted by Crippen LogP contribution is -2.55. The highest BCUT2D eigenvalue weighted by atomic mass is 19.1. The number of piperazine rings is 1. The fourth-order valence-electron chi connectivity index (χ4n) is 6.52. The van der Waals surface area contributed by atoms with Crippen LogP contribution in [0.25, 0.3) is 0 Å². The van der Waals surface area contributed by atoms with Crippen molar-refractivity contribution < 1.29 is 28.0 Å². The van der Waals surface area contributed by atoms with E-state index in [1.807, 2.05) is 20.9 Å². The molecule has 47 heavy (non-hydrogen) atoms. The van der Waals surface area contributed by atoms with E-state index in [9.17, 15) is 23.6 Å². The molecule has 1 aromatic heterocycles. The van der Waals surface area contributed by atoms with E-state index in [-0.39, 0.29) is 35.8 Å². The Bertz CT molecular complexity index is 1400. The highest BCUT2D eigenvalue weighted by molar-refractivity contribution is 6.00. The molecule has 2 fully saturated rings. The maximum Gasteiger partial charge on any atom is 0.270 e. The van der Waals surface area contributed by atoms with Crippen LogP contribution in [0.3, 0.4) is 0 Å². The highest BCUT2D eigenvalue weighted by Gasteiger charge is 2.36. The lowest BCUT2D eigenvalue weighted by Gasteiger charge is -2.36. The Morgan fingerprint density at radius 3 is 2.26 bits per heavy atom. The summed E-state index contributed by atoms with van der Waals surface area (Å²) in [5, 5.41) is 12.5. The van der Waals surface area contributed by atoms with Gasteiger partial charge in [-0.1, -0.05) is 26.8 Å². The van der Waals surface area contributed by atoms with Gasteiger partial charge in [-0.3, -0.25) is 23.9 Å². The third kappa shape index (κ3) is 8.94. The molecule has 4 rings (SSSR count). The number of nitrogens with zero attached hydrogens (tertiary/aromatic N) is 4. The largest absolute Gasteiger partial charge is 0.344 e. The number of carbonyl (C=O) groups excluding carboxylic acids is 4. The summed E-state index contributed by atoms with van der Waals surface area (Å²) in [6, 6.07) is 3.99. The van der Waals surface area contributed by atoms with E-state index in [1.165, 1.54) is 23.0 Å². The van der Waals surface area contributed by atoms with Gasteiger partial charge in [-0.2, -0.15) is 5.10 Å². The zero-order valence-corrected chi connectivity index (χ0v) is 28.1. The van der Waals surface area contributed by atoms with E-state index in [0.29, 0.717) is 56.6 Å². The van der Waals surface area contributed by atoms with E-state index in [0.717, 1.165) is 13.1 Å². The summed E-state index contributed by atoms with van der Waals surface area (Å²) in [5.74, 6) is -3.19. The van der Waals surface area contributed by atoms with E-state index in [4.69, 9.17) is 0 Å². The van der Waals surface area contributed by atoms with E-state index >= 15 is 4.39 Å². The molecule has 1 saturated heterocycles. The molecule has 11 nitrogen and oxygen atoms in total. The predicted molar refractivity (Wildman–Crippen MR) is 175 cm³/mol. The number of alkyl halides is 1. The van der Waals surface area contributed by atoms with Gasteiger partial charge in [0.2, 0.25) is 17.7 Å². The number of aryl methyl sites for hydroxylation is 1. The molecule has 4 atom stereocenters. The van der Waals surface area contributed by atoms with Crippen molar-refractivity contribution in [1.29, 1.82) is 0 Å². The Hall–Kier alpha value is -3.87. The van der Waals surface area contributed by atoms with Crippen molar-refractivity contribution in [1.82, 2.24) is 30.2 Å². The number of amides is 4. The Morgan fingerprint density at radius 2 is 1.64 bits per heavy atom. The van der Waals surface area contributed by atoms with Crippen molar-refractivity contribution >= 4 is 29.3 Å². The van der Waals surface area contributed by atoms with E-state index < -0.39 is 41.8 Å². The van der Waals surface area contributed by atoms with Crippen molar-refractivity contribution in [2.24, 2.45) is 11.8 Å². The van der Waals surface area contributed by atoms with E-state index in [1.54, 1.807) is 30.9 Å². The second-order valence-electron chi connectivity index (χ2n) is 12.9. The topological polar surface area (TPSA) is 129 Å². The minimum absolute atomic E-state index is 0.00434. The minimum atomic E-state index is -1.02. The molecule has 2 aromatic rings. The summed E-state index contributed by atoms with van der Waals surface area (Å²) in [5.41, 5.74) is 0.701. The number of rotatable bonds is 12. The summed E-state index contributed by atoms with van der Waals surface area (Å²) < 4.78 is 31.1. The Kier molecular flexibility index (Phi) is 12.5. The van der Waals surface area contributed by atoms with Crippen LogP contribution in [0, 0.1) is 17.7 Å². The molecule has 0 radical (unpaired) electrons. The Morgan fingerprint density at radius 1 is 0.957 bits per heavy atom. The van der Waals surface area contributed by atoms with Crippen LogP contribution in [-0.4, -0.2) is 94.7 Å². The Balaban J connectivity index is 1.53. The third-order valence-corrected chi connectivity index (χ3v) is 9.78. The zero-order chi connectivity index (χ0) is 34.2. The maximum absolute atomic E-state index is 15.7. The molecule has 1 aliphatic heterocycles. The summed E-state index contributed by atoms with van der Waals surface area (Å²) in [4.78, 5) is 56.8. The number of aromatic nitrogens is 2. The fraction of sp³-hybridized carbons (Fsp3) is 0.618. The van der Waals surface area contributed by atoms with E-state index in [2.05, 4.69) is 25.9 Å². The number of hydrogen-bond acceptors (Lipinski definition) is 6. The summed E-state index contributed by atoms with van der Waals surface area (Å²) in [6.07, 6.45) is 2.78. The average Bonchev–Trinajstić information content (AvgIpc) is 3.56. The number of nitrogens with one attached hydrogen (secondary N) is 3. The van der Waals surface area contributed by atoms with Gasteiger partial charge in [0.25, 0.3) is 5.91 Å². The van der Waals surface area contributed by atoms with Crippen LogP contribution in [0.5, 0.6) is 0 Å². The lowest BCUT2D eigenvalue weighted by molar-refractivity contribution is -0.138. The van der Waals surface area contributed by atoms with Crippen LogP contribution < -0.4 is 16.0 Å². The first-order valence-corrected chi connectivity index (χ1v) is 16.8. The molecule has 3 N–H and O–H groups in total. The molecule has 0 bridgehead atoms. The molecule has 2 unspecified atom stereocenters. The van der Waals surface area contributed by atoms with Gasteiger partial charge in [-0.25, -0.2) is 8.78 Å². The van der Waals surface area contributed by atoms with Gasteiger partial charge < -0.3 is 25.8 Å². The maximum atomic E-state index is 15.7. The monoisotopic (exact) mass is 657 g/mol. The van der Waals surface area contributed by atoms with Crippen LogP contribution in [0.15, 0.2) is 30.5 Å². The first-order chi connectivity index (χ1) is 22.4. The van der Waals surface area contributed by atoms with Gasteiger partial charge >= 0.3 is 0 Å². The summed E-state index contributed by atoms with van der Waals surface area (Å²) in [7, 11) is 1.99. The normalized spacial score (nSPS) is 21.3. The summed E-state index contributed by atoms with van der Waals surface area (Å²) in [6.45, 7) is 10.1. The standard InChI is InChI=1S/C34H49F2N7O4/c1-6-29(44)39-31(34(47)42-18-16-41(5)17-19-42)22(4)24-10-13-27(26(36)20-24)38-33(46)30(21(3)23-8-11-25(35)12-9-23)40-32(45)28-14-15-37-43(28)7-2/h10,13-15,20-23,25,30-31H,6-9,11-12,16-19H2,1-5H3,(H,38,46)(H,39,44)(H,40,45)/t21?,22-,23?,25?,30?,31+/m0/s1. The van der Waals surface area contributed by atoms with Gasteiger partial charge in [-0.15, -0.1) is 0 Å². The number of halogens is 2. The van der Waals surface area contributed by atoms with Crippen molar-refractivity contribution in [2.75, 3.05) is 38.5 Å². The van der Waals surface area contributed by atoms with Crippen molar-refractivity contribution in [3.8, 4) is 0 Å². The molecule has 1 aromatic carbocycles. The van der Waals surface area contributed by atoms with Crippen LogP contribution >= 0.6 is 0 Å². The molecule has 4 amide bonds. The number of carbonyl (C=O) groups is 4. The van der Waals surface area contributed by atoms with Crippen molar-refractivity contribution in [2.45, 2.75) is 90.5 Å². The highest BCUT2D eigenvalue weighted by Crippen LogP contribution is 2.34. The molecule has 2 heterocycles. The predicted octanol–water partition coefficient (Wildman–Crippen LogP) is 3.72. The third-order valence-electron chi connectivity index (χ3n) is 9.78. The van der Waals surface area contributed by atoms with Gasteiger partial charge in [-0.05, 0) is 75.3 Å². The molecule has 1 saturated carbocycles. The molecular formula is C34H49F2N7O4. The van der Waals surface area contributed by atoms with Gasteiger partial charge in [0, 0.05) is 51.3 Å². The second kappa shape index (κ2) is 16.3. The molecule has 2 aliphatic rings. The number of benzene rings is 1. The summed E-state index contributed by atoms with van der Waals surface area (Å²) >= 11 is 0. The van der Waals surface area contributed by atoms with Gasteiger partial charge in [0.05, 0.1) is 5.69 Å². The lowest BCUT2D eigenvalue weighted by atomic mass is 9.76. The molecule has 258 valence electrons. The van der Waals surface area contributed by atoms with Gasteiger partial charge in [0.1, 0.15) is 29.8 Å². The van der Waals surface area contributed by atoms with Crippen LogP contribution in [0.2, 0.25) is 0 Å². The molecular weight excluding hydrogens is 608 g/mol. The average molecular weight is 658 g/mol. The first kappa shape index (κ1) is 36.0. The molecule has 1 aliphatic carbocycles. The van der Waals surface area contributed by atoms with Crippen molar-refractivity contribution in [3.63, 3.8) is 0 Å². The minimum Gasteiger partial charge on any atom is -0.344 e. The Labute approximate surface area is 275 Å².